The minimum Gasteiger partial charge on any atom is -0.508 e. The summed E-state index contributed by atoms with van der Waals surface area (Å²) in [6, 6.07) is 11.7. The molecule has 2 N–H and O–H groups in total. The van der Waals surface area contributed by atoms with Crippen molar-refractivity contribution in [3.8, 4) is 5.75 Å². The zero-order chi connectivity index (χ0) is 16.6. The van der Waals surface area contributed by atoms with Crippen LogP contribution >= 0.6 is 22.6 Å². The minimum absolute atomic E-state index is 0.110. The number of hydrogen-bond donors (Lipinski definition) is 2. The molecule has 2 aromatic carbocycles. The van der Waals surface area contributed by atoms with E-state index in [0.717, 1.165) is 9.26 Å². The first-order chi connectivity index (χ1) is 11.0. The SMILES string of the molecule is Cc1cc(O)ccc1N1C(=O)CC(Nc2cccc(I)c2)C1=O. The molecule has 0 aromatic heterocycles. The molecule has 5 nitrogen and oxygen atoms in total. The Balaban J connectivity index is 1.85. The Bertz CT molecular complexity index is 791. The zero-order valence-electron chi connectivity index (χ0n) is 12.4. The van der Waals surface area contributed by atoms with Gasteiger partial charge in [-0.2, -0.15) is 0 Å². The number of phenolic OH excluding ortho intramolecular Hbond substituents is 1. The number of hydrogen-bond acceptors (Lipinski definition) is 4. The van der Waals surface area contributed by atoms with Crippen molar-refractivity contribution in [2.24, 2.45) is 0 Å². The molecule has 1 saturated heterocycles. The summed E-state index contributed by atoms with van der Waals surface area (Å²) in [5.41, 5.74) is 2.01. The minimum atomic E-state index is -0.575. The fourth-order valence-corrected chi connectivity index (χ4v) is 3.21. The van der Waals surface area contributed by atoms with Crippen molar-refractivity contribution < 1.29 is 14.7 Å². The summed E-state index contributed by atoms with van der Waals surface area (Å²) >= 11 is 2.20. The van der Waals surface area contributed by atoms with Gasteiger partial charge in [-0.05, 0) is 71.5 Å². The van der Waals surface area contributed by atoms with Crippen LogP contribution in [0.2, 0.25) is 0 Å². The third kappa shape index (κ3) is 3.17. The van der Waals surface area contributed by atoms with Crippen LogP contribution in [-0.4, -0.2) is 23.0 Å². The van der Waals surface area contributed by atoms with E-state index in [1.165, 1.54) is 17.0 Å². The maximum absolute atomic E-state index is 12.6. The molecule has 23 heavy (non-hydrogen) atoms. The number of rotatable bonds is 3. The number of imide groups is 1. The summed E-state index contributed by atoms with van der Waals surface area (Å²) in [5.74, 6) is -0.409. The summed E-state index contributed by atoms with van der Waals surface area (Å²) < 4.78 is 1.05. The normalized spacial score (nSPS) is 17.7. The largest absolute Gasteiger partial charge is 0.508 e. The van der Waals surface area contributed by atoms with Crippen LogP contribution in [0.3, 0.4) is 0 Å². The topological polar surface area (TPSA) is 69.6 Å². The third-order valence-corrected chi connectivity index (χ3v) is 4.40. The fraction of sp³-hybridized carbons (Fsp3) is 0.176. The Morgan fingerprint density at radius 1 is 1.22 bits per heavy atom. The molecule has 1 aliphatic rings. The molecule has 2 aromatic rings. The van der Waals surface area contributed by atoms with Crippen LogP contribution in [-0.2, 0) is 9.59 Å². The van der Waals surface area contributed by atoms with E-state index in [2.05, 4.69) is 27.9 Å². The van der Waals surface area contributed by atoms with Crippen LogP contribution < -0.4 is 10.2 Å². The van der Waals surface area contributed by atoms with Crippen molar-refractivity contribution in [3.05, 3.63) is 51.6 Å². The number of amides is 2. The molecule has 1 atom stereocenters. The van der Waals surface area contributed by atoms with Gasteiger partial charge in [0.25, 0.3) is 5.91 Å². The predicted molar refractivity (Wildman–Crippen MR) is 96.5 cm³/mol. The van der Waals surface area contributed by atoms with Crippen molar-refractivity contribution in [2.45, 2.75) is 19.4 Å². The van der Waals surface area contributed by atoms with E-state index in [1.807, 2.05) is 24.3 Å². The second-order valence-corrected chi connectivity index (χ2v) is 6.70. The van der Waals surface area contributed by atoms with E-state index >= 15 is 0 Å². The number of nitrogens with one attached hydrogen (secondary N) is 1. The fourth-order valence-electron chi connectivity index (χ4n) is 2.67. The molecular weight excluding hydrogens is 407 g/mol. The Hall–Kier alpha value is -2.09. The highest BCUT2D eigenvalue weighted by atomic mass is 127. The van der Waals surface area contributed by atoms with Crippen molar-refractivity contribution in [1.29, 1.82) is 0 Å². The van der Waals surface area contributed by atoms with Crippen molar-refractivity contribution >= 4 is 45.8 Å². The molecule has 1 heterocycles. The number of phenols is 1. The lowest BCUT2D eigenvalue weighted by molar-refractivity contribution is -0.121. The van der Waals surface area contributed by atoms with Crippen LogP contribution in [0, 0.1) is 10.5 Å². The zero-order valence-corrected chi connectivity index (χ0v) is 14.6. The lowest BCUT2D eigenvalue weighted by Crippen LogP contribution is -2.35. The molecule has 2 amide bonds. The quantitative estimate of drug-likeness (QED) is 0.590. The van der Waals surface area contributed by atoms with Gasteiger partial charge in [0.1, 0.15) is 11.8 Å². The molecule has 0 bridgehead atoms. The van der Waals surface area contributed by atoms with Crippen LogP contribution in [0.5, 0.6) is 5.75 Å². The number of nitrogens with zero attached hydrogens (tertiary/aromatic N) is 1. The van der Waals surface area contributed by atoms with E-state index in [4.69, 9.17) is 0 Å². The molecule has 0 aliphatic carbocycles. The van der Waals surface area contributed by atoms with Gasteiger partial charge >= 0.3 is 0 Å². The Morgan fingerprint density at radius 3 is 2.70 bits per heavy atom. The van der Waals surface area contributed by atoms with Crippen molar-refractivity contribution in [2.75, 3.05) is 10.2 Å². The predicted octanol–water partition coefficient (Wildman–Crippen LogP) is 3.05. The number of anilines is 2. The van der Waals surface area contributed by atoms with Gasteiger partial charge < -0.3 is 10.4 Å². The van der Waals surface area contributed by atoms with Gasteiger partial charge in [-0.3, -0.25) is 9.59 Å². The summed E-state index contributed by atoms with van der Waals surface area (Å²) in [5, 5.41) is 12.6. The first-order valence-corrected chi connectivity index (χ1v) is 8.22. The second kappa shape index (κ2) is 6.19. The molecular formula is C17H15IN2O3. The van der Waals surface area contributed by atoms with Crippen LogP contribution in [0.25, 0.3) is 0 Å². The van der Waals surface area contributed by atoms with Gasteiger partial charge in [0.2, 0.25) is 5.91 Å². The molecule has 1 aliphatic heterocycles. The monoisotopic (exact) mass is 422 g/mol. The molecule has 3 rings (SSSR count). The van der Waals surface area contributed by atoms with Gasteiger partial charge in [0, 0.05) is 9.26 Å². The van der Waals surface area contributed by atoms with E-state index in [0.29, 0.717) is 11.3 Å². The van der Waals surface area contributed by atoms with Crippen molar-refractivity contribution in [3.63, 3.8) is 0 Å². The average Bonchev–Trinajstić information content (AvgIpc) is 2.74. The van der Waals surface area contributed by atoms with Gasteiger partial charge in [0.05, 0.1) is 12.1 Å². The number of halogens is 1. The molecule has 118 valence electrons. The summed E-state index contributed by atoms with van der Waals surface area (Å²) in [6.07, 6.45) is 0.116. The maximum atomic E-state index is 12.6. The third-order valence-electron chi connectivity index (χ3n) is 3.73. The van der Waals surface area contributed by atoms with E-state index in [-0.39, 0.29) is 24.0 Å². The molecule has 6 heteroatoms. The Kier molecular flexibility index (Phi) is 4.25. The Labute approximate surface area is 147 Å². The smallest absolute Gasteiger partial charge is 0.256 e. The molecule has 0 saturated carbocycles. The summed E-state index contributed by atoms with van der Waals surface area (Å²) in [4.78, 5) is 26.1. The van der Waals surface area contributed by atoms with Gasteiger partial charge in [-0.15, -0.1) is 0 Å². The molecule has 0 radical (unpaired) electrons. The maximum Gasteiger partial charge on any atom is 0.256 e. The van der Waals surface area contributed by atoms with Crippen LogP contribution in [0.15, 0.2) is 42.5 Å². The van der Waals surface area contributed by atoms with Crippen molar-refractivity contribution in [1.82, 2.24) is 0 Å². The number of carbonyl (C=O) groups is 2. The van der Waals surface area contributed by atoms with Crippen LogP contribution in [0.1, 0.15) is 12.0 Å². The average molecular weight is 422 g/mol. The van der Waals surface area contributed by atoms with E-state index in [9.17, 15) is 14.7 Å². The number of carbonyl (C=O) groups excluding carboxylic acids is 2. The first kappa shape index (κ1) is 15.8. The summed E-state index contributed by atoms with van der Waals surface area (Å²) in [7, 11) is 0. The first-order valence-electron chi connectivity index (χ1n) is 7.14. The van der Waals surface area contributed by atoms with Crippen LogP contribution in [0.4, 0.5) is 11.4 Å². The molecule has 0 spiro atoms. The van der Waals surface area contributed by atoms with Gasteiger partial charge in [-0.1, -0.05) is 6.07 Å². The number of benzene rings is 2. The second-order valence-electron chi connectivity index (χ2n) is 5.45. The lowest BCUT2D eigenvalue weighted by Gasteiger charge is -2.18. The summed E-state index contributed by atoms with van der Waals surface area (Å²) in [6.45, 7) is 1.76. The highest BCUT2D eigenvalue weighted by Gasteiger charge is 2.40. The number of aryl methyl sites for hydroxylation is 1. The van der Waals surface area contributed by atoms with E-state index in [1.54, 1.807) is 13.0 Å². The van der Waals surface area contributed by atoms with Gasteiger partial charge in [-0.25, -0.2) is 4.90 Å². The Morgan fingerprint density at radius 2 is 2.00 bits per heavy atom. The van der Waals surface area contributed by atoms with E-state index < -0.39 is 6.04 Å². The highest BCUT2D eigenvalue weighted by Crippen LogP contribution is 2.29. The number of aromatic hydroxyl groups is 1. The van der Waals surface area contributed by atoms with Gasteiger partial charge in [0.15, 0.2) is 0 Å². The lowest BCUT2D eigenvalue weighted by atomic mass is 10.1. The molecule has 1 fully saturated rings. The molecule has 1 unspecified atom stereocenters. The standard InChI is InChI=1S/C17H15IN2O3/c1-10-7-13(21)5-6-15(10)20-16(22)9-14(17(20)23)19-12-4-2-3-11(18)8-12/h2-8,14,19,21H,9H2,1H3. The highest BCUT2D eigenvalue weighted by molar-refractivity contribution is 14.1.